The van der Waals surface area contributed by atoms with Crippen LogP contribution in [0.4, 0.5) is 0 Å². The van der Waals surface area contributed by atoms with Crippen molar-refractivity contribution in [1.82, 2.24) is 4.90 Å². The zero-order valence-electron chi connectivity index (χ0n) is 24.0. The molecule has 1 atom stereocenters. The minimum Gasteiger partial charge on any atom is -0.481 e. The van der Waals surface area contributed by atoms with Gasteiger partial charge < -0.3 is 14.9 Å². The van der Waals surface area contributed by atoms with Gasteiger partial charge in [-0.1, -0.05) is 87.5 Å². The van der Waals surface area contributed by atoms with Crippen LogP contribution in [0.2, 0.25) is 0 Å². The smallest absolute Gasteiger partial charge is 0.335 e. The fourth-order valence-corrected chi connectivity index (χ4v) is 4.53. The van der Waals surface area contributed by atoms with Crippen molar-refractivity contribution in [2.24, 2.45) is 5.41 Å². The number of aromatic carboxylic acids is 1. The molecule has 0 unspecified atom stereocenters. The van der Waals surface area contributed by atoms with Crippen LogP contribution in [0, 0.1) is 5.41 Å². The Hall–Kier alpha value is -3.48. The summed E-state index contributed by atoms with van der Waals surface area (Å²) < 4.78 is 6.52. The largest absolute Gasteiger partial charge is 0.481 e. The molecule has 0 aliphatic carbocycles. The van der Waals surface area contributed by atoms with Gasteiger partial charge in [0, 0.05) is 19.5 Å². The Balaban J connectivity index is 1.71. The average Bonchev–Trinajstić information content (AvgIpc) is 2.93. The third-order valence-electron chi connectivity index (χ3n) is 6.96. The lowest BCUT2D eigenvalue weighted by Crippen LogP contribution is -2.30. The number of hydrogen-bond acceptors (Lipinski definition) is 4. The van der Waals surface area contributed by atoms with Crippen molar-refractivity contribution in [3.05, 3.63) is 107 Å². The Morgan fingerprint density at radius 3 is 2.05 bits per heavy atom. The van der Waals surface area contributed by atoms with E-state index in [2.05, 4.69) is 62.1 Å². The molecule has 0 saturated heterocycles. The van der Waals surface area contributed by atoms with Crippen LogP contribution in [0.3, 0.4) is 0 Å². The summed E-state index contributed by atoms with van der Waals surface area (Å²) in [7, 11) is 0. The van der Waals surface area contributed by atoms with Gasteiger partial charge in [0.05, 0.1) is 18.3 Å². The van der Waals surface area contributed by atoms with Crippen molar-refractivity contribution in [1.29, 1.82) is 0 Å². The van der Waals surface area contributed by atoms with E-state index >= 15 is 0 Å². The predicted octanol–water partition coefficient (Wildman–Crippen LogP) is 7.38. The van der Waals surface area contributed by atoms with Crippen molar-refractivity contribution in [3.8, 4) is 0 Å². The highest BCUT2D eigenvalue weighted by molar-refractivity contribution is 5.87. The summed E-state index contributed by atoms with van der Waals surface area (Å²) in [6.45, 7) is 9.23. The molecule has 0 heterocycles. The molecule has 6 heteroatoms. The number of unbranched alkanes of at least 4 members (excludes halogenated alkanes) is 1. The molecular weight excluding hydrogens is 502 g/mol. The number of benzene rings is 3. The molecule has 0 radical (unpaired) electrons. The van der Waals surface area contributed by atoms with Crippen LogP contribution in [-0.4, -0.2) is 40.1 Å². The van der Waals surface area contributed by atoms with Gasteiger partial charge >= 0.3 is 11.9 Å². The minimum atomic E-state index is -0.947. The molecule has 6 nitrogen and oxygen atoms in total. The third-order valence-corrected chi connectivity index (χ3v) is 6.96. The second-order valence-electron chi connectivity index (χ2n) is 11.7. The highest BCUT2D eigenvalue weighted by atomic mass is 16.5. The number of aryl methyl sites for hydroxylation is 1. The second-order valence-corrected chi connectivity index (χ2v) is 11.7. The zero-order chi connectivity index (χ0) is 29.0. The molecule has 0 aliphatic heterocycles. The maximum Gasteiger partial charge on any atom is 0.335 e. The van der Waals surface area contributed by atoms with Crippen LogP contribution in [0.25, 0.3) is 0 Å². The number of hydrogen-bond donors (Lipinski definition) is 2. The van der Waals surface area contributed by atoms with Gasteiger partial charge in [0.15, 0.2) is 0 Å². The van der Waals surface area contributed by atoms with E-state index in [9.17, 15) is 14.7 Å². The van der Waals surface area contributed by atoms with Gasteiger partial charge in [-0.05, 0) is 72.0 Å². The highest BCUT2D eigenvalue weighted by Crippen LogP contribution is 2.24. The topological polar surface area (TPSA) is 87.1 Å². The van der Waals surface area contributed by atoms with Gasteiger partial charge in [-0.15, -0.1) is 0 Å². The van der Waals surface area contributed by atoms with Crippen molar-refractivity contribution < 1.29 is 24.5 Å². The minimum absolute atomic E-state index is 0.144. The van der Waals surface area contributed by atoms with Gasteiger partial charge in [0.25, 0.3) is 0 Å². The third kappa shape index (κ3) is 11.3. The normalized spacial score (nSPS) is 12.4. The summed E-state index contributed by atoms with van der Waals surface area (Å²) in [4.78, 5) is 24.6. The van der Waals surface area contributed by atoms with Gasteiger partial charge in [0.2, 0.25) is 0 Å². The van der Waals surface area contributed by atoms with Crippen molar-refractivity contribution in [2.45, 2.75) is 72.1 Å². The van der Waals surface area contributed by atoms with Gasteiger partial charge in [-0.3, -0.25) is 9.69 Å². The molecule has 0 fully saturated rings. The van der Waals surface area contributed by atoms with Crippen LogP contribution in [0.1, 0.15) is 85.2 Å². The van der Waals surface area contributed by atoms with Crippen molar-refractivity contribution >= 4 is 11.9 Å². The molecule has 0 spiro atoms. The Labute approximate surface area is 238 Å². The molecule has 0 saturated carbocycles. The van der Waals surface area contributed by atoms with Gasteiger partial charge in [0.1, 0.15) is 0 Å². The standard InChI is InChI=1S/C34H43NO5/c1-34(2,3)21-20-26-12-14-28(15-13-26)25-40-31(29-9-5-4-6-10-29)24-35(22-8-7-11-32(36)37)23-27-16-18-30(19-17-27)33(38)39/h4-6,9-10,12-19,31H,7-8,11,20-25H2,1-3H3,(H,36,37)(H,38,39)/t31-/m0/s1. The number of rotatable bonds is 16. The van der Waals surface area contributed by atoms with E-state index in [1.54, 1.807) is 12.1 Å². The Morgan fingerprint density at radius 1 is 0.825 bits per heavy atom. The second kappa shape index (κ2) is 15.3. The molecule has 2 N–H and O–H groups in total. The first kappa shape index (κ1) is 31.1. The fraction of sp³-hybridized carbons (Fsp3) is 0.412. The number of aliphatic carboxylic acids is 1. The lowest BCUT2D eigenvalue weighted by molar-refractivity contribution is -0.137. The predicted molar refractivity (Wildman–Crippen MR) is 158 cm³/mol. The van der Waals surface area contributed by atoms with Crippen LogP contribution in [0.5, 0.6) is 0 Å². The van der Waals surface area contributed by atoms with E-state index in [-0.39, 0.29) is 18.1 Å². The summed E-state index contributed by atoms with van der Waals surface area (Å²) >= 11 is 0. The monoisotopic (exact) mass is 545 g/mol. The number of carbonyl (C=O) groups is 2. The van der Waals surface area contributed by atoms with Crippen LogP contribution < -0.4 is 0 Å². The number of ether oxygens (including phenoxy) is 1. The summed E-state index contributed by atoms with van der Waals surface area (Å²) in [5.74, 6) is -1.73. The molecule has 214 valence electrons. The van der Waals surface area contributed by atoms with E-state index in [4.69, 9.17) is 9.84 Å². The molecule has 0 aliphatic rings. The van der Waals surface area contributed by atoms with Crippen LogP contribution in [0.15, 0.2) is 78.9 Å². The molecule has 40 heavy (non-hydrogen) atoms. The first-order chi connectivity index (χ1) is 19.1. The maximum absolute atomic E-state index is 11.3. The van der Waals surface area contributed by atoms with Crippen molar-refractivity contribution in [3.63, 3.8) is 0 Å². The van der Waals surface area contributed by atoms with Crippen LogP contribution in [-0.2, 0) is 29.1 Å². The van der Waals surface area contributed by atoms with Crippen LogP contribution >= 0.6 is 0 Å². The SMILES string of the molecule is CC(C)(C)CCc1ccc(CO[C@@H](CN(CCCCC(=O)O)Cc2ccc(C(=O)O)cc2)c2ccccc2)cc1. The lowest BCUT2D eigenvalue weighted by atomic mass is 9.88. The van der Waals surface area contributed by atoms with E-state index in [1.807, 2.05) is 30.3 Å². The molecular formula is C34H43NO5. The summed E-state index contributed by atoms with van der Waals surface area (Å²) in [6.07, 6.45) is 3.51. The fourth-order valence-electron chi connectivity index (χ4n) is 4.53. The Morgan fingerprint density at radius 2 is 1.45 bits per heavy atom. The maximum atomic E-state index is 11.3. The van der Waals surface area contributed by atoms with E-state index < -0.39 is 11.9 Å². The van der Waals surface area contributed by atoms with Gasteiger partial charge in [-0.2, -0.15) is 0 Å². The Kier molecular flexibility index (Phi) is 11.9. The first-order valence-corrected chi connectivity index (χ1v) is 14.1. The molecule has 0 bridgehead atoms. The summed E-state index contributed by atoms with van der Waals surface area (Å²) in [6, 6.07) is 25.8. The molecule has 3 rings (SSSR count). The van der Waals surface area contributed by atoms with E-state index in [1.165, 1.54) is 5.56 Å². The summed E-state index contributed by atoms with van der Waals surface area (Å²) in [5, 5.41) is 18.3. The molecule has 0 amide bonds. The molecule has 3 aromatic carbocycles. The first-order valence-electron chi connectivity index (χ1n) is 14.1. The molecule has 0 aromatic heterocycles. The number of carboxylic acids is 2. The lowest BCUT2D eigenvalue weighted by Gasteiger charge is -2.28. The quantitative estimate of drug-likeness (QED) is 0.183. The van der Waals surface area contributed by atoms with E-state index in [0.717, 1.165) is 36.0 Å². The zero-order valence-corrected chi connectivity index (χ0v) is 24.0. The summed E-state index contributed by atoms with van der Waals surface area (Å²) in [5.41, 5.74) is 5.11. The Bertz CT molecular complexity index is 1180. The van der Waals surface area contributed by atoms with Crippen molar-refractivity contribution in [2.75, 3.05) is 13.1 Å². The van der Waals surface area contributed by atoms with E-state index in [0.29, 0.717) is 38.1 Å². The molecule has 3 aromatic rings. The highest BCUT2D eigenvalue weighted by Gasteiger charge is 2.18. The number of nitrogens with zero attached hydrogens (tertiary/aromatic N) is 1. The van der Waals surface area contributed by atoms with Gasteiger partial charge in [-0.25, -0.2) is 4.79 Å². The average molecular weight is 546 g/mol. The number of carboxylic acid groups (broad SMARTS) is 2.